The molecule has 0 aliphatic carbocycles. The highest BCUT2D eigenvalue weighted by atomic mass is 16.4. The van der Waals surface area contributed by atoms with E-state index in [-0.39, 0.29) is 6.42 Å². The van der Waals surface area contributed by atoms with Crippen LogP contribution in [0.5, 0.6) is 0 Å². The van der Waals surface area contributed by atoms with Crippen LogP contribution in [0.4, 0.5) is 0 Å². The Kier molecular flexibility index (Phi) is 5.93. The minimum Gasteiger partial charge on any atom is -0.481 e. The van der Waals surface area contributed by atoms with Gasteiger partial charge in [0.15, 0.2) is 5.60 Å². The van der Waals surface area contributed by atoms with E-state index in [1.54, 1.807) is 0 Å². The molecular formula is C10H17O5. The number of aliphatic carboxylic acids is 2. The van der Waals surface area contributed by atoms with Gasteiger partial charge in [0.2, 0.25) is 0 Å². The molecule has 0 rings (SSSR count). The summed E-state index contributed by atoms with van der Waals surface area (Å²) in [5.41, 5.74) is -2.24. The zero-order valence-electron chi connectivity index (χ0n) is 8.77. The number of hydrogen-bond acceptors (Lipinski definition) is 3. The van der Waals surface area contributed by atoms with E-state index in [4.69, 9.17) is 10.2 Å². The number of rotatable bonds is 8. The molecule has 1 unspecified atom stereocenters. The lowest BCUT2D eigenvalue weighted by Crippen LogP contribution is -2.41. The summed E-state index contributed by atoms with van der Waals surface area (Å²) >= 11 is 0. The molecule has 0 spiro atoms. The number of carboxylic acid groups (broad SMARTS) is 2. The normalized spacial score (nSPS) is 14.5. The van der Waals surface area contributed by atoms with Gasteiger partial charge in [0.1, 0.15) is 6.42 Å². The largest absolute Gasteiger partial charge is 0.481 e. The first-order valence-electron chi connectivity index (χ1n) is 4.97. The first-order chi connectivity index (χ1) is 6.92. The van der Waals surface area contributed by atoms with Crippen molar-refractivity contribution in [3.8, 4) is 0 Å². The summed E-state index contributed by atoms with van der Waals surface area (Å²) in [5.74, 6) is -2.93. The van der Waals surface area contributed by atoms with Gasteiger partial charge < -0.3 is 15.3 Å². The van der Waals surface area contributed by atoms with Crippen molar-refractivity contribution in [1.29, 1.82) is 0 Å². The van der Waals surface area contributed by atoms with Crippen LogP contribution in [0, 0.1) is 6.42 Å². The van der Waals surface area contributed by atoms with Crippen molar-refractivity contribution in [3.63, 3.8) is 0 Å². The summed E-state index contributed by atoms with van der Waals surface area (Å²) in [6.07, 6.45) is 3.60. The number of unbranched alkanes of at least 4 members (excludes halogenated alkanes) is 3. The highest BCUT2D eigenvalue weighted by Gasteiger charge is 2.38. The average Bonchev–Trinajstić information content (AvgIpc) is 2.11. The third kappa shape index (κ3) is 5.37. The Labute approximate surface area is 88.7 Å². The minimum atomic E-state index is -2.24. The zero-order valence-corrected chi connectivity index (χ0v) is 8.77. The van der Waals surface area contributed by atoms with Crippen LogP contribution in [-0.4, -0.2) is 32.9 Å². The van der Waals surface area contributed by atoms with Crippen molar-refractivity contribution < 1.29 is 24.9 Å². The van der Waals surface area contributed by atoms with Crippen molar-refractivity contribution in [2.45, 2.75) is 44.6 Å². The van der Waals surface area contributed by atoms with E-state index in [0.717, 1.165) is 19.3 Å². The fourth-order valence-corrected chi connectivity index (χ4v) is 1.27. The molecule has 15 heavy (non-hydrogen) atoms. The average molecular weight is 217 g/mol. The van der Waals surface area contributed by atoms with Gasteiger partial charge in [-0.25, -0.2) is 4.79 Å². The van der Waals surface area contributed by atoms with Gasteiger partial charge in [-0.1, -0.05) is 26.2 Å². The van der Waals surface area contributed by atoms with Crippen molar-refractivity contribution in [3.05, 3.63) is 6.42 Å². The Hall–Kier alpha value is -1.10. The van der Waals surface area contributed by atoms with Crippen LogP contribution in [0.25, 0.3) is 0 Å². The minimum absolute atomic E-state index is 0.0609. The van der Waals surface area contributed by atoms with E-state index in [9.17, 15) is 14.7 Å². The van der Waals surface area contributed by atoms with Crippen LogP contribution in [0.3, 0.4) is 0 Å². The third-order valence-corrected chi connectivity index (χ3v) is 2.14. The Morgan fingerprint density at radius 3 is 2.20 bits per heavy atom. The molecule has 5 nitrogen and oxygen atoms in total. The van der Waals surface area contributed by atoms with E-state index < -0.39 is 17.5 Å². The molecule has 0 aromatic carbocycles. The van der Waals surface area contributed by atoms with Crippen LogP contribution in [0.15, 0.2) is 0 Å². The van der Waals surface area contributed by atoms with E-state index in [2.05, 4.69) is 0 Å². The number of carbonyl (C=O) groups is 2. The van der Waals surface area contributed by atoms with Crippen LogP contribution in [-0.2, 0) is 9.59 Å². The molecule has 0 aromatic heterocycles. The lowest BCUT2D eigenvalue weighted by Gasteiger charge is -2.20. The highest BCUT2D eigenvalue weighted by molar-refractivity contribution is 5.90. The topological polar surface area (TPSA) is 94.8 Å². The second kappa shape index (κ2) is 6.40. The molecule has 0 heterocycles. The molecule has 0 aromatic rings. The van der Waals surface area contributed by atoms with Gasteiger partial charge in [0.25, 0.3) is 0 Å². The fourth-order valence-electron chi connectivity index (χ4n) is 1.27. The number of carboxylic acids is 2. The predicted molar refractivity (Wildman–Crippen MR) is 53.3 cm³/mol. The Morgan fingerprint density at radius 1 is 1.20 bits per heavy atom. The third-order valence-electron chi connectivity index (χ3n) is 2.14. The number of aliphatic hydroxyl groups is 1. The smallest absolute Gasteiger partial charge is 0.336 e. The van der Waals surface area contributed by atoms with Crippen LogP contribution < -0.4 is 0 Å². The van der Waals surface area contributed by atoms with Gasteiger partial charge in [-0.3, -0.25) is 4.79 Å². The standard InChI is InChI=1S/C10H17O5/c1-2-3-4-5-6-10(15,9(13)14)7-8(11)12/h7,15H,2-6H2,1H3,(H,11,12)(H,13,14). The second-order valence-electron chi connectivity index (χ2n) is 3.52. The molecular weight excluding hydrogens is 200 g/mol. The number of hydrogen-bond donors (Lipinski definition) is 3. The molecule has 0 aliphatic rings. The van der Waals surface area contributed by atoms with Crippen molar-refractivity contribution in [2.24, 2.45) is 0 Å². The van der Waals surface area contributed by atoms with Crippen LogP contribution in [0.1, 0.15) is 39.0 Å². The van der Waals surface area contributed by atoms with E-state index >= 15 is 0 Å². The molecule has 0 bridgehead atoms. The van der Waals surface area contributed by atoms with Gasteiger partial charge in [0.05, 0.1) is 0 Å². The van der Waals surface area contributed by atoms with Crippen molar-refractivity contribution in [2.75, 3.05) is 0 Å². The SMILES string of the molecule is CCCCCCC(O)([CH]C(=O)O)C(=O)O. The second-order valence-corrected chi connectivity index (χ2v) is 3.52. The summed E-state index contributed by atoms with van der Waals surface area (Å²) in [6, 6.07) is 0. The molecule has 1 radical (unpaired) electrons. The van der Waals surface area contributed by atoms with E-state index in [1.807, 2.05) is 6.92 Å². The Bertz CT molecular complexity index is 226. The molecule has 0 amide bonds. The molecule has 0 saturated heterocycles. The van der Waals surface area contributed by atoms with Gasteiger partial charge in [0, 0.05) is 0 Å². The quantitative estimate of drug-likeness (QED) is 0.528. The summed E-state index contributed by atoms with van der Waals surface area (Å²) < 4.78 is 0. The zero-order chi connectivity index (χ0) is 11.9. The molecule has 0 fully saturated rings. The van der Waals surface area contributed by atoms with Gasteiger partial charge >= 0.3 is 11.9 Å². The molecule has 3 N–H and O–H groups in total. The van der Waals surface area contributed by atoms with E-state index in [1.165, 1.54) is 0 Å². The summed E-state index contributed by atoms with van der Waals surface area (Å²) in [5, 5.41) is 26.6. The summed E-state index contributed by atoms with van der Waals surface area (Å²) in [6.45, 7) is 2.01. The molecule has 5 heteroatoms. The molecule has 0 aliphatic heterocycles. The highest BCUT2D eigenvalue weighted by Crippen LogP contribution is 2.19. The maximum Gasteiger partial charge on any atom is 0.336 e. The van der Waals surface area contributed by atoms with Crippen molar-refractivity contribution >= 4 is 11.9 Å². The molecule has 0 saturated carbocycles. The maximum atomic E-state index is 10.7. The van der Waals surface area contributed by atoms with Crippen LogP contribution >= 0.6 is 0 Å². The lowest BCUT2D eigenvalue weighted by atomic mass is 9.92. The molecule has 87 valence electrons. The first-order valence-corrected chi connectivity index (χ1v) is 4.97. The molecule has 1 atom stereocenters. The Balaban J connectivity index is 4.14. The van der Waals surface area contributed by atoms with Gasteiger partial charge in [-0.05, 0) is 12.8 Å². The summed E-state index contributed by atoms with van der Waals surface area (Å²) in [4.78, 5) is 21.0. The first kappa shape index (κ1) is 13.9. The monoisotopic (exact) mass is 217 g/mol. The predicted octanol–water partition coefficient (Wildman–Crippen LogP) is 1.06. The van der Waals surface area contributed by atoms with Crippen molar-refractivity contribution in [1.82, 2.24) is 0 Å². The van der Waals surface area contributed by atoms with Crippen LogP contribution in [0.2, 0.25) is 0 Å². The summed E-state index contributed by atoms with van der Waals surface area (Å²) in [7, 11) is 0. The lowest BCUT2D eigenvalue weighted by molar-refractivity contribution is -0.159. The van der Waals surface area contributed by atoms with Gasteiger partial charge in [-0.15, -0.1) is 0 Å². The fraction of sp³-hybridized carbons (Fsp3) is 0.700. The Morgan fingerprint density at radius 2 is 1.80 bits per heavy atom. The van der Waals surface area contributed by atoms with E-state index in [0.29, 0.717) is 12.8 Å². The van der Waals surface area contributed by atoms with Gasteiger partial charge in [-0.2, -0.15) is 0 Å². The maximum absolute atomic E-state index is 10.7.